The van der Waals surface area contributed by atoms with E-state index < -0.39 is 0 Å². The fraction of sp³-hybridized carbons (Fsp3) is 0.444. The lowest BCUT2D eigenvalue weighted by atomic mass is 10.1. The first-order chi connectivity index (χ1) is 12.2. The third-order valence-corrected chi connectivity index (χ3v) is 4.47. The van der Waals surface area contributed by atoms with Crippen molar-refractivity contribution in [3.63, 3.8) is 0 Å². The molecule has 2 aromatic rings. The fourth-order valence-electron chi connectivity index (χ4n) is 2.98. The molecule has 3 heterocycles. The Balaban J connectivity index is 1.62. The highest BCUT2D eigenvalue weighted by Gasteiger charge is 2.22. The van der Waals surface area contributed by atoms with Crippen molar-refractivity contribution in [1.29, 1.82) is 0 Å². The van der Waals surface area contributed by atoms with Crippen LogP contribution in [0.25, 0.3) is 0 Å². The number of amides is 1. The Morgan fingerprint density at radius 2 is 2.00 bits per heavy atom. The number of nitrogens with zero attached hydrogens (tertiary/aromatic N) is 4. The second-order valence-electron chi connectivity index (χ2n) is 6.20. The highest BCUT2D eigenvalue weighted by atomic mass is 16.5. The first-order valence-corrected chi connectivity index (χ1v) is 8.46. The Labute approximate surface area is 147 Å². The van der Waals surface area contributed by atoms with Crippen LogP contribution in [-0.4, -0.2) is 47.4 Å². The summed E-state index contributed by atoms with van der Waals surface area (Å²) in [7, 11) is 1.75. The highest BCUT2D eigenvalue weighted by Crippen LogP contribution is 2.22. The SMILES string of the molecule is COC1CCN(c2nnc(C(=O)NCc3ccncc3)cc2C)CC1. The van der Waals surface area contributed by atoms with Gasteiger partial charge in [-0.2, -0.15) is 0 Å². The van der Waals surface area contributed by atoms with Gasteiger partial charge in [-0.05, 0) is 49.1 Å². The third-order valence-electron chi connectivity index (χ3n) is 4.47. The lowest BCUT2D eigenvalue weighted by Gasteiger charge is -2.32. The van der Waals surface area contributed by atoms with Gasteiger partial charge in [0.05, 0.1) is 6.10 Å². The average molecular weight is 341 g/mol. The molecule has 1 fully saturated rings. The van der Waals surface area contributed by atoms with Crippen LogP contribution in [0.5, 0.6) is 0 Å². The molecular formula is C18H23N5O2. The van der Waals surface area contributed by atoms with Gasteiger partial charge in [0.1, 0.15) is 0 Å². The summed E-state index contributed by atoms with van der Waals surface area (Å²) in [5.74, 6) is 0.622. The Kier molecular flexibility index (Phi) is 5.55. The Morgan fingerprint density at radius 1 is 1.28 bits per heavy atom. The maximum atomic E-state index is 12.3. The topological polar surface area (TPSA) is 80.2 Å². The minimum absolute atomic E-state index is 0.225. The molecule has 2 aromatic heterocycles. The van der Waals surface area contributed by atoms with E-state index >= 15 is 0 Å². The van der Waals surface area contributed by atoms with Crippen molar-refractivity contribution in [2.75, 3.05) is 25.1 Å². The summed E-state index contributed by atoms with van der Waals surface area (Å²) in [6, 6.07) is 5.53. The lowest BCUT2D eigenvalue weighted by Crippen LogP contribution is -2.37. The van der Waals surface area contributed by atoms with Gasteiger partial charge in [-0.15, -0.1) is 10.2 Å². The van der Waals surface area contributed by atoms with Crippen molar-refractivity contribution in [2.45, 2.75) is 32.4 Å². The molecule has 0 saturated carbocycles. The van der Waals surface area contributed by atoms with Crippen molar-refractivity contribution < 1.29 is 9.53 Å². The molecule has 0 unspecified atom stereocenters. The molecule has 0 bridgehead atoms. The van der Waals surface area contributed by atoms with Gasteiger partial charge >= 0.3 is 0 Å². The van der Waals surface area contributed by atoms with Crippen molar-refractivity contribution in [3.05, 3.63) is 47.4 Å². The van der Waals surface area contributed by atoms with Gasteiger partial charge in [0, 0.05) is 39.1 Å². The number of hydrogen-bond donors (Lipinski definition) is 1. The molecule has 0 spiro atoms. The van der Waals surface area contributed by atoms with Gasteiger partial charge in [-0.1, -0.05) is 0 Å². The van der Waals surface area contributed by atoms with E-state index in [9.17, 15) is 4.79 Å². The molecule has 7 heteroatoms. The molecule has 7 nitrogen and oxygen atoms in total. The number of anilines is 1. The van der Waals surface area contributed by atoms with Crippen molar-refractivity contribution in [1.82, 2.24) is 20.5 Å². The van der Waals surface area contributed by atoms with Crippen LogP contribution in [0.3, 0.4) is 0 Å². The number of nitrogens with one attached hydrogen (secondary N) is 1. The number of methoxy groups -OCH3 is 1. The van der Waals surface area contributed by atoms with Crippen LogP contribution in [0.15, 0.2) is 30.6 Å². The van der Waals surface area contributed by atoms with Crippen molar-refractivity contribution in [3.8, 4) is 0 Å². The Morgan fingerprint density at radius 3 is 2.64 bits per heavy atom. The van der Waals surface area contributed by atoms with Crippen LogP contribution < -0.4 is 10.2 Å². The lowest BCUT2D eigenvalue weighted by molar-refractivity contribution is 0.0817. The van der Waals surface area contributed by atoms with Crippen LogP contribution in [0.4, 0.5) is 5.82 Å². The highest BCUT2D eigenvalue weighted by molar-refractivity contribution is 5.92. The number of rotatable bonds is 5. The predicted molar refractivity (Wildman–Crippen MR) is 94.4 cm³/mol. The first-order valence-electron chi connectivity index (χ1n) is 8.46. The van der Waals surface area contributed by atoms with Crippen LogP contribution in [0.2, 0.25) is 0 Å². The summed E-state index contributed by atoms with van der Waals surface area (Å²) in [6.07, 6.45) is 5.68. The van der Waals surface area contributed by atoms with Crippen LogP contribution in [0, 0.1) is 6.92 Å². The molecule has 3 rings (SSSR count). The molecule has 1 aliphatic rings. The van der Waals surface area contributed by atoms with Gasteiger partial charge in [0.2, 0.25) is 0 Å². The smallest absolute Gasteiger partial charge is 0.272 e. The fourth-order valence-corrected chi connectivity index (χ4v) is 2.98. The molecule has 1 aliphatic heterocycles. The summed E-state index contributed by atoms with van der Waals surface area (Å²) >= 11 is 0. The quantitative estimate of drug-likeness (QED) is 0.892. The minimum Gasteiger partial charge on any atom is -0.381 e. The van der Waals surface area contributed by atoms with Crippen LogP contribution >= 0.6 is 0 Å². The largest absolute Gasteiger partial charge is 0.381 e. The molecule has 132 valence electrons. The van der Waals surface area contributed by atoms with E-state index in [1.807, 2.05) is 19.1 Å². The molecule has 25 heavy (non-hydrogen) atoms. The van der Waals surface area contributed by atoms with Crippen molar-refractivity contribution in [2.24, 2.45) is 0 Å². The summed E-state index contributed by atoms with van der Waals surface area (Å²) in [5, 5.41) is 11.3. The van der Waals surface area contributed by atoms with Gasteiger partial charge in [-0.3, -0.25) is 9.78 Å². The monoisotopic (exact) mass is 341 g/mol. The number of carbonyl (C=O) groups is 1. The van der Waals surface area contributed by atoms with Crippen LogP contribution in [-0.2, 0) is 11.3 Å². The second kappa shape index (κ2) is 8.02. The van der Waals surface area contributed by atoms with E-state index in [1.165, 1.54) is 0 Å². The average Bonchev–Trinajstić information content (AvgIpc) is 2.67. The van der Waals surface area contributed by atoms with E-state index in [1.54, 1.807) is 25.6 Å². The summed E-state index contributed by atoms with van der Waals surface area (Å²) in [5.41, 5.74) is 2.28. The van der Waals surface area contributed by atoms with Gasteiger partial charge < -0.3 is 15.0 Å². The number of ether oxygens (including phenoxy) is 1. The zero-order valence-corrected chi connectivity index (χ0v) is 14.6. The van der Waals surface area contributed by atoms with E-state index in [-0.39, 0.29) is 5.91 Å². The maximum Gasteiger partial charge on any atom is 0.272 e. The number of piperidine rings is 1. The number of aromatic nitrogens is 3. The van der Waals surface area contributed by atoms with E-state index in [0.717, 1.165) is 42.9 Å². The second-order valence-corrected chi connectivity index (χ2v) is 6.20. The molecule has 0 atom stereocenters. The van der Waals surface area contributed by atoms with Crippen molar-refractivity contribution >= 4 is 11.7 Å². The molecule has 0 aliphatic carbocycles. The number of pyridine rings is 1. The number of carbonyl (C=O) groups excluding carboxylic acids is 1. The zero-order valence-electron chi connectivity index (χ0n) is 14.6. The first kappa shape index (κ1) is 17.3. The molecule has 1 saturated heterocycles. The standard InChI is InChI=1S/C18H23N5O2/c1-13-11-16(18(24)20-12-14-3-7-19-8-4-14)21-22-17(13)23-9-5-15(25-2)6-10-23/h3-4,7-8,11,15H,5-6,9-10,12H2,1-2H3,(H,20,24). The molecule has 0 radical (unpaired) electrons. The van der Waals surface area contributed by atoms with E-state index in [4.69, 9.17) is 4.74 Å². The van der Waals surface area contributed by atoms with Gasteiger partial charge in [0.15, 0.2) is 11.5 Å². The number of aryl methyl sites for hydroxylation is 1. The summed E-state index contributed by atoms with van der Waals surface area (Å²) in [6.45, 7) is 4.18. The Hall–Kier alpha value is -2.54. The molecule has 0 aromatic carbocycles. The van der Waals surface area contributed by atoms with Gasteiger partial charge in [-0.25, -0.2) is 0 Å². The summed E-state index contributed by atoms with van der Waals surface area (Å²) < 4.78 is 5.40. The Bertz CT molecular complexity index is 715. The molecule has 1 N–H and O–H groups in total. The molecular weight excluding hydrogens is 318 g/mol. The van der Waals surface area contributed by atoms with E-state index in [0.29, 0.717) is 18.3 Å². The van der Waals surface area contributed by atoms with Gasteiger partial charge in [0.25, 0.3) is 5.91 Å². The van der Waals surface area contributed by atoms with E-state index in [2.05, 4.69) is 25.4 Å². The predicted octanol–water partition coefficient (Wildman–Crippen LogP) is 1.73. The third kappa shape index (κ3) is 4.30. The maximum absolute atomic E-state index is 12.3. The summed E-state index contributed by atoms with van der Waals surface area (Å²) in [4.78, 5) is 18.4. The normalized spacial score (nSPS) is 15.2. The van der Waals surface area contributed by atoms with Crippen LogP contribution in [0.1, 0.15) is 34.5 Å². The number of hydrogen-bond acceptors (Lipinski definition) is 6. The zero-order chi connectivity index (χ0) is 17.6. The minimum atomic E-state index is -0.225. The molecule has 1 amide bonds.